The van der Waals surface area contributed by atoms with Crippen LogP contribution in [0.1, 0.15) is 15.9 Å². The second-order valence-corrected chi connectivity index (χ2v) is 6.66. The standard InChI is InChI=1S/C20H18ClN3O5/c21-17-7-2-1-6-16(17)19(25)22-18(20(26)23-8-10-29-11-9-23)13-14-4-3-5-15(12-14)24(27)28/h1-7,12-13H,8-11H2,(H,22,25). The monoisotopic (exact) mass is 415 g/mol. The van der Waals surface area contributed by atoms with E-state index in [1.54, 1.807) is 35.2 Å². The number of ether oxygens (including phenoxy) is 1. The van der Waals surface area contributed by atoms with E-state index in [1.807, 2.05) is 0 Å². The molecule has 150 valence electrons. The van der Waals surface area contributed by atoms with Crippen LogP contribution in [0.2, 0.25) is 5.02 Å². The molecule has 0 aliphatic carbocycles. The lowest BCUT2D eigenvalue weighted by atomic mass is 10.1. The molecule has 0 saturated carbocycles. The van der Waals surface area contributed by atoms with Crippen molar-refractivity contribution in [1.29, 1.82) is 0 Å². The third kappa shape index (κ3) is 5.18. The van der Waals surface area contributed by atoms with Gasteiger partial charge in [-0.3, -0.25) is 19.7 Å². The molecule has 2 aromatic carbocycles. The summed E-state index contributed by atoms with van der Waals surface area (Å²) in [5.74, 6) is -0.950. The minimum Gasteiger partial charge on any atom is -0.378 e. The van der Waals surface area contributed by atoms with Gasteiger partial charge in [-0.15, -0.1) is 0 Å². The smallest absolute Gasteiger partial charge is 0.270 e. The highest BCUT2D eigenvalue weighted by atomic mass is 35.5. The molecule has 1 N–H and O–H groups in total. The number of nitro benzene ring substituents is 1. The molecule has 1 heterocycles. The van der Waals surface area contributed by atoms with Gasteiger partial charge in [0.2, 0.25) is 0 Å². The number of rotatable bonds is 5. The largest absolute Gasteiger partial charge is 0.378 e. The van der Waals surface area contributed by atoms with Gasteiger partial charge in [-0.1, -0.05) is 35.9 Å². The van der Waals surface area contributed by atoms with Gasteiger partial charge >= 0.3 is 0 Å². The molecular formula is C20H18ClN3O5. The molecule has 9 heteroatoms. The van der Waals surface area contributed by atoms with Crippen LogP contribution < -0.4 is 5.32 Å². The third-order valence-electron chi connectivity index (χ3n) is 4.29. The van der Waals surface area contributed by atoms with Gasteiger partial charge in [-0.2, -0.15) is 0 Å². The van der Waals surface area contributed by atoms with E-state index in [2.05, 4.69) is 5.32 Å². The molecule has 0 atom stereocenters. The molecule has 0 radical (unpaired) electrons. The van der Waals surface area contributed by atoms with E-state index in [0.29, 0.717) is 31.9 Å². The number of nitro groups is 1. The van der Waals surface area contributed by atoms with Crippen LogP contribution in [0.5, 0.6) is 0 Å². The Labute approximate surface area is 171 Å². The van der Waals surface area contributed by atoms with Crippen LogP contribution in [0.4, 0.5) is 5.69 Å². The first kappa shape index (κ1) is 20.5. The Balaban J connectivity index is 1.94. The molecule has 0 spiro atoms. The van der Waals surface area contributed by atoms with Crippen molar-refractivity contribution in [3.8, 4) is 0 Å². The second kappa shape index (κ2) is 9.31. The Morgan fingerprint density at radius 2 is 1.86 bits per heavy atom. The minimum atomic E-state index is -0.547. The van der Waals surface area contributed by atoms with E-state index in [0.717, 1.165) is 0 Å². The zero-order valence-corrected chi connectivity index (χ0v) is 16.1. The van der Waals surface area contributed by atoms with Crippen LogP contribution in [0.15, 0.2) is 54.2 Å². The van der Waals surface area contributed by atoms with Gasteiger partial charge < -0.3 is 15.0 Å². The number of carbonyl (C=O) groups is 2. The van der Waals surface area contributed by atoms with Crippen molar-refractivity contribution in [1.82, 2.24) is 10.2 Å². The maximum absolute atomic E-state index is 13.0. The van der Waals surface area contributed by atoms with Crippen LogP contribution in [0, 0.1) is 10.1 Å². The highest BCUT2D eigenvalue weighted by molar-refractivity contribution is 6.34. The number of hydrogen-bond donors (Lipinski definition) is 1. The first-order chi connectivity index (χ1) is 14.0. The third-order valence-corrected chi connectivity index (χ3v) is 4.62. The summed E-state index contributed by atoms with van der Waals surface area (Å²) in [4.78, 5) is 37.7. The van der Waals surface area contributed by atoms with Crippen molar-refractivity contribution in [2.45, 2.75) is 0 Å². The maximum Gasteiger partial charge on any atom is 0.270 e. The molecule has 0 bridgehead atoms. The van der Waals surface area contributed by atoms with Crippen LogP contribution in [0.25, 0.3) is 6.08 Å². The van der Waals surface area contributed by atoms with Gasteiger partial charge in [0.1, 0.15) is 5.70 Å². The normalized spacial score (nSPS) is 14.4. The minimum absolute atomic E-state index is 0.00248. The summed E-state index contributed by atoms with van der Waals surface area (Å²) >= 11 is 6.08. The van der Waals surface area contributed by atoms with E-state index in [-0.39, 0.29) is 22.0 Å². The van der Waals surface area contributed by atoms with Gasteiger partial charge in [0, 0.05) is 25.2 Å². The average Bonchev–Trinajstić information content (AvgIpc) is 2.73. The lowest BCUT2D eigenvalue weighted by Crippen LogP contribution is -2.44. The molecule has 29 heavy (non-hydrogen) atoms. The summed E-state index contributed by atoms with van der Waals surface area (Å²) in [6.07, 6.45) is 1.42. The van der Waals surface area contributed by atoms with Crippen molar-refractivity contribution in [3.63, 3.8) is 0 Å². The predicted octanol–water partition coefficient (Wildman–Crippen LogP) is 2.88. The molecule has 3 rings (SSSR count). The molecule has 1 saturated heterocycles. The number of halogens is 1. The van der Waals surface area contributed by atoms with E-state index < -0.39 is 16.7 Å². The van der Waals surface area contributed by atoms with Crippen molar-refractivity contribution >= 4 is 35.2 Å². The Morgan fingerprint density at radius 3 is 2.55 bits per heavy atom. The molecule has 2 amide bonds. The lowest BCUT2D eigenvalue weighted by molar-refractivity contribution is -0.384. The van der Waals surface area contributed by atoms with Crippen LogP contribution in [-0.4, -0.2) is 47.9 Å². The fourth-order valence-corrected chi connectivity index (χ4v) is 3.04. The Kier molecular flexibility index (Phi) is 6.58. The summed E-state index contributed by atoms with van der Waals surface area (Å²) in [6.45, 7) is 1.56. The van der Waals surface area contributed by atoms with Crippen molar-refractivity contribution in [3.05, 3.63) is 80.5 Å². The highest BCUT2D eigenvalue weighted by Gasteiger charge is 2.23. The first-order valence-corrected chi connectivity index (χ1v) is 9.22. The number of nitrogens with one attached hydrogen (secondary N) is 1. The molecule has 2 aromatic rings. The number of benzene rings is 2. The number of amides is 2. The Hall–Kier alpha value is -3.23. The number of hydrogen-bond acceptors (Lipinski definition) is 5. The van der Waals surface area contributed by atoms with Gasteiger partial charge in [-0.25, -0.2) is 0 Å². The van der Waals surface area contributed by atoms with Crippen LogP contribution >= 0.6 is 11.6 Å². The zero-order chi connectivity index (χ0) is 20.8. The quantitative estimate of drug-likeness (QED) is 0.459. The fraction of sp³-hybridized carbons (Fsp3) is 0.200. The van der Waals surface area contributed by atoms with Gasteiger partial charge in [0.15, 0.2) is 0 Å². The first-order valence-electron chi connectivity index (χ1n) is 8.85. The summed E-state index contributed by atoms with van der Waals surface area (Å²) < 4.78 is 5.26. The fourth-order valence-electron chi connectivity index (χ4n) is 2.82. The second-order valence-electron chi connectivity index (χ2n) is 6.25. The molecule has 0 aromatic heterocycles. The highest BCUT2D eigenvalue weighted by Crippen LogP contribution is 2.18. The van der Waals surface area contributed by atoms with Crippen LogP contribution in [0.3, 0.4) is 0 Å². The lowest BCUT2D eigenvalue weighted by Gasteiger charge is -2.28. The van der Waals surface area contributed by atoms with Crippen molar-refractivity contribution < 1.29 is 19.2 Å². The average molecular weight is 416 g/mol. The number of nitrogens with zero attached hydrogens (tertiary/aromatic N) is 2. The van der Waals surface area contributed by atoms with E-state index in [1.165, 1.54) is 24.3 Å². The predicted molar refractivity (Wildman–Crippen MR) is 107 cm³/mol. The van der Waals surface area contributed by atoms with E-state index in [9.17, 15) is 19.7 Å². The van der Waals surface area contributed by atoms with Gasteiger partial charge in [0.05, 0.1) is 28.7 Å². The molecule has 0 unspecified atom stereocenters. The summed E-state index contributed by atoms with van der Waals surface area (Å²) in [5, 5.41) is 13.9. The Morgan fingerprint density at radius 1 is 1.14 bits per heavy atom. The van der Waals surface area contributed by atoms with Gasteiger partial charge in [0.25, 0.3) is 17.5 Å². The van der Waals surface area contributed by atoms with Crippen LogP contribution in [-0.2, 0) is 9.53 Å². The van der Waals surface area contributed by atoms with Crippen molar-refractivity contribution in [2.75, 3.05) is 26.3 Å². The number of morpholine rings is 1. The van der Waals surface area contributed by atoms with E-state index >= 15 is 0 Å². The maximum atomic E-state index is 13.0. The van der Waals surface area contributed by atoms with E-state index in [4.69, 9.17) is 16.3 Å². The number of non-ortho nitro benzene ring substituents is 1. The summed E-state index contributed by atoms with van der Waals surface area (Å²) in [6, 6.07) is 12.3. The SMILES string of the molecule is O=C(NC(=Cc1cccc([N+](=O)[O-])c1)C(=O)N1CCOCC1)c1ccccc1Cl. The van der Waals surface area contributed by atoms with Crippen molar-refractivity contribution in [2.24, 2.45) is 0 Å². The molecular weight excluding hydrogens is 398 g/mol. The summed E-state index contributed by atoms with van der Waals surface area (Å²) in [7, 11) is 0. The molecule has 1 fully saturated rings. The number of carbonyl (C=O) groups excluding carboxylic acids is 2. The molecule has 8 nitrogen and oxygen atoms in total. The van der Waals surface area contributed by atoms with Gasteiger partial charge in [-0.05, 0) is 23.8 Å². The molecule has 1 aliphatic heterocycles. The summed E-state index contributed by atoms with van der Waals surface area (Å²) in [5.41, 5.74) is 0.510. The topological polar surface area (TPSA) is 102 Å². The molecule has 1 aliphatic rings. The zero-order valence-electron chi connectivity index (χ0n) is 15.3. The Bertz CT molecular complexity index is 970.